The van der Waals surface area contributed by atoms with E-state index >= 15 is 0 Å². The summed E-state index contributed by atoms with van der Waals surface area (Å²) >= 11 is 0. The Bertz CT molecular complexity index is 694. The molecule has 6 heteroatoms. The largest absolute Gasteiger partial charge is 0.467 e. The molecule has 2 heterocycles. The van der Waals surface area contributed by atoms with Crippen LogP contribution in [0.4, 0.5) is 0 Å². The van der Waals surface area contributed by atoms with Crippen LogP contribution in [0.15, 0.2) is 30.3 Å². The lowest BCUT2D eigenvalue weighted by molar-refractivity contribution is -0.591. The van der Waals surface area contributed by atoms with Gasteiger partial charge in [-0.3, -0.25) is 15.0 Å². The number of carbonyl (C=O) groups is 1. The van der Waals surface area contributed by atoms with E-state index in [0.29, 0.717) is 19.4 Å². The smallest absolute Gasteiger partial charge is 0.333 e. The van der Waals surface area contributed by atoms with Gasteiger partial charge in [-0.15, -0.1) is 0 Å². The molecular weight excluding hydrogens is 320 g/mol. The molecule has 1 aromatic carbocycles. The molecular formula is C19H24N2O4. The Balaban J connectivity index is 1.95. The van der Waals surface area contributed by atoms with Gasteiger partial charge in [0, 0.05) is 23.9 Å². The summed E-state index contributed by atoms with van der Waals surface area (Å²) in [5, 5.41) is 12.5. The zero-order valence-corrected chi connectivity index (χ0v) is 14.5. The summed E-state index contributed by atoms with van der Waals surface area (Å²) in [6.45, 7) is 0.709. The fourth-order valence-electron chi connectivity index (χ4n) is 6.02. The van der Waals surface area contributed by atoms with E-state index in [1.54, 1.807) is 0 Å². The van der Waals surface area contributed by atoms with Crippen LogP contribution in [0.5, 0.6) is 0 Å². The molecule has 0 radical (unpaired) electrons. The second-order valence-corrected chi connectivity index (χ2v) is 7.54. The van der Waals surface area contributed by atoms with E-state index in [2.05, 4.69) is 4.90 Å². The zero-order chi connectivity index (χ0) is 17.7. The standard InChI is InChI=1S/C19H24N2O4/c1-25-17(22)19-12-7-13-20(19)16(14-8-3-2-4-9-14)15-10-5-6-11-18(15,19)21(23)24/h2-4,8-9,15-16H,5-7,10-13H2,1H3/t15-,16-,18+,19-/m1/s1. The van der Waals surface area contributed by atoms with Gasteiger partial charge in [0.05, 0.1) is 13.0 Å². The fraction of sp³-hybridized carbons (Fsp3) is 0.632. The van der Waals surface area contributed by atoms with Crippen LogP contribution in [0.1, 0.15) is 50.1 Å². The first-order valence-electron chi connectivity index (χ1n) is 9.14. The number of nitrogens with zero attached hydrogens (tertiary/aromatic N) is 2. The number of carbonyl (C=O) groups excluding carboxylic acids is 1. The van der Waals surface area contributed by atoms with E-state index < -0.39 is 17.0 Å². The summed E-state index contributed by atoms with van der Waals surface area (Å²) < 4.78 is 5.16. The molecule has 0 amide bonds. The lowest BCUT2D eigenvalue weighted by Crippen LogP contribution is -2.66. The molecule has 0 aromatic heterocycles. The maximum atomic E-state index is 13.0. The molecule has 1 saturated carbocycles. The summed E-state index contributed by atoms with van der Waals surface area (Å²) in [7, 11) is 1.36. The van der Waals surface area contributed by atoms with Crippen molar-refractivity contribution < 1.29 is 14.5 Å². The van der Waals surface area contributed by atoms with Gasteiger partial charge in [-0.05, 0) is 31.2 Å². The highest BCUT2D eigenvalue weighted by molar-refractivity contribution is 5.84. The molecule has 6 nitrogen and oxygen atoms in total. The van der Waals surface area contributed by atoms with Crippen molar-refractivity contribution in [3.63, 3.8) is 0 Å². The molecule has 2 saturated heterocycles. The highest BCUT2D eigenvalue weighted by Crippen LogP contribution is 2.63. The zero-order valence-electron chi connectivity index (χ0n) is 14.5. The van der Waals surface area contributed by atoms with Crippen LogP contribution in [0.25, 0.3) is 0 Å². The first kappa shape index (κ1) is 16.5. The van der Waals surface area contributed by atoms with Crippen molar-refractivity contribution in [2.24, 2.45) is 5.92 Å². The van der Waals surface area contributed by atoms with Gasteiger partial charge < -0.3 is 4.74 Å². The topological polar surface area (TPSA) is 72.7 Å². The maximum absolute atomic E-state index is 13.0. The first-order chi connectivity index (χ1) is 12.1. The third kappa shape index (κ3) is 1.91. The number of nitro groups is 1. The molecule has 0 N–H and O–H groups in total. The third-order valence-corrected chi connectivity index (χ3v) is 6.79. The van der Waals surface area contributed by atoms with Gasteiger partial charge in [0.25, 0.3) is 5.54 Å². The summed E-state index contributed by atoms with van der Waals surface area (Å²) in [4.78, 5) is 27.5. The fourth-order valence-corrected chi connectivity index (χ4v) is 6.02. The molecule has 3 aliphatic rings. The van der Waals surface area contributed by atoms with Crippen LogP contribution in [0, 0.1) is 16.0 Å². The molecule has 1 aliphatic carbocycles. The van der Waals surface area contributed by atoms with Crippen LogP contribution in [-0.2, 0) is 9.53 Å². The number of fused-ring (bicyclic) bond motifs is 3. The second-order valence-electron chi connectivity index (χ2n) is 7.54. The minimum Gasteiger partial charge on any atom is -0.467 e. The number of hydrogen-bond donors (Lipinski definition) is 0. The van der Waals surface area contributed by atoms with E-state index in [9.17, 15) is 14.9 Å². The van der Waals surface area contributed by atoms with Gasteiger partial charge >= 0.3 is 5.97 Å². The van der Waals surface area contributed by atoms with E-state index in [0.717, 1.165) is 31.2 Å². The minimum atomic E-state index is -1.24. The second kappa shape index (κ2) is 5.80. The highest BCUT2D eigenvalue weighted by atomic mass is 16.6. The predicted molar refractivity (Wildman–Crippen MR) is 91.6 cm³/mol. The van der Waals surface area contributed by atoms with Gasteiger partial charge in [0.2, 0.25) is 0 Å². The normalized spacial score (nSPS) is 37.3. The number of methoxy groups -OCH3 is 1. The van der Waals surface area contributed by atoms with Crippen molar-refractivity contribution in [1.29, 1.82) is 0 Å². The van der Waals surface area contributed by atoms with Crippen LogP contribution in [0.3, 0.4) is 0 Å². The van der Waals surface area contributed by atoms with Gasteiger partial charge in [-0.1, -0.05) is 36.8 Å². The quantitative estimate of drug-likeness (QED) is 0.479. The molecule has 0 unspecified atom stereocenters. The Morgan fingerprint density at radius 2 is 2.00 bits per heavy atom. The van der Waals surface area contributed by atoms with E-state index in [-0.39, 0.29) is 16.9 Å². The monoisotopic (exact) mass is 344 g/mol. The Hall–Kier alpha value is -1.95. The molecule has 0 bridgehead atoms. The molecule has 134 valence electrons. The van der Waals surface area contributed by atoms with Gasteiger partial charge in [0.15, 0.2) is 5.54 Å². The molecule has 4 atom stereocenters. The van der Waals surface area contributed by atoms with E-state index in [1.807, 2.05) is 30.3 Å². The van der Waals surface area contributed by atoms with Gasteiger partial charge in [0.1, 0.15) is 0 Å². The van der Waals surface area contributed by atoms with Crippen molar-refractivity contribution in [2.45, 2.75) is 55.6 Å². The molecule has 0 spiro atoms. The maximum Gasteiger partial charge on any atom is 0.333 e. The molecule has 25 heavy (non-hydrogen) atoms. The summed E-state index contributed by atoms with van der Waals surface area (Å²) in [6, 6.07) is 9.89. The summed E-state index contributed by atoms with van der Waals surface area (Å²) in [5.74, 6) is -0.579. The van der Waals surface area contributed by atoms with Crippen molar-refractivity contribution in [2.75, 3.05) is 13.7 Å². The predicted octanol–water partition coefficient (Wildman–Crippen LogP) is 2.95. The Kier molecular flexibility index (Phi) is 3.83. The van der Waals surface area contributed by atoms with Crippen LogP contribution >= 0.6 is 0 Å². The van der Waals surface area contributed by atoms with Crippen LogP contribution < -0.4 is 0 Å². The molecule has 4 rings (SSSR count). The molecule has 2 aliphatic heterocycles. The minimum absolute atomic E-state index is 0.0894. The lowest BCUT2D eigenvalue weighted by Gasteiger charge is -2.41. The third-order valence-electron chi connectivity index (χ3n) is 6.79. The SMILES string of the molecule is COC(=O)[C@@]12CCCN1[C@H](c1ccccc1)[C@H]1CCCC[C@]12[N+](=O)[O-]. The summed E-state index contributed by atoms with van der Waals surface area (Å²) in [6.07, 6.45) is 4.33. The van der Waals surface area contributed by atoms with E-state index in [4.69, 9.17) is 4.74 Å². The number of rotatable bonds is 3. The van der Waals surface area contributed by atoms with Crippen molar-refractivity contribution in [3.05, 3.63) is 46.0 Å². The van der Waals surface area contributed by atoms with Gasteiger partial charge in [-0.25, -0.2) is 4.79 Å². The Morgan fingerprint density at radius 3 is 2.68 bits per heavy atom. The van der Waals surface area contributed by atoms with Crippen molar-refractivity contribution in [1.82, 2.24) is 4.90 Å². The number of ether oxygens (including phenoxy) is 1. The molecule has 3 fully saturated rings. The van der Waals surface area contributed by atoms with Crippen molar-refractivity contribution in [3.8, 4) is 0 Å². The van der Waals surface area contributed by atoms with Crippen LogP contribution in [-0.4, -0.2) is 40.5 Å². The highest BCUT2D eigenvalue weighted by Gasteiger charge is 2.80. The molecule has 1 aromatic rings. The van der Waals surface area contributed by atoms with E-state index in [1.165, 1.54) is 7.11 Å². The average Bonchev–Trinajstić information content (AvgIpc) is 3.17. The van der Waals surface area contributed by atoms with Crippen LogP contribution in [0.2, 0.25) is 0 Å². The van der Waals surface area contributed by atoms with Gasteiger partial charge in [-0.2, -0.15) is 0 Å². The first-order valence-corrected chi connectivity index (χ1v) is 9.14. The Labute approximate surface area is 147 Å². The lowest BCUT2D eigenvalue weighted by atomic mass is 9.63. The number of esters is 1. The Morgan fingerprint density at radius 1 is 1.24 bits per heavy atom. The van der Waals surface area contributed by atoms with Crippen molar-refractivity contribution >= 4 is 5.97 Å². The summed E-state index contributed by atoms with van der Waals surface area (Å²) in [5.41, 5.74) is -1.29. The average molecular weight is 344 g/mol. The number of benzene rings is 1. The number of hydrogen-bond acceptors (Lipinski definition) is 5.